The highest BCUT2D eigenvalue weighted by atomic mass is 32.2. The topological polar surface area (TPSA) is 76.5 Å². The number of sulfone groups is 1. The van der Waals surface area contributed by atoms with E-state index < -0.39 is 9.84 Å². The molecule has 0 unspecified atom stereocenters. The predicted octanol–water partition coefficient (Wildman–Crippen LogP) is 3.16. The molecule has 0 amide bonds. The summed E-state index contributed by atoms with van der Waals surface area (Å²) in [7, 11) is -1.97. The van der Waals surface area contributed by atoms with Crippen LogP contribution in [0.2, 0.25) is 0 Å². The fourth-order valence-corrected chi connectivity index (χ4v) is 5.18. The van der Waals surface area contributed by atoms with Gasteiger partial charge in [-0.25, -0.2) is 13.4 Å². The van der Waals surface area contributed by atoms with Gasteiger partial charge in [0.05, 0.1) is 30.8 Å². The third-order valence-corrected chi connectivity index (χ3v) is 6.84. The summed E-state index contributed by atoms with van der Waals surface area (Å²) >= 11 is 5.51. The van der Waals surface area contributed by atoms with E-state index in [1.807, 2.05) is 47.6 Å². The van der Waals surface area contributed by atoms with E-state index in [0.29, 0.717) is 37.9 Å². The van der Waals surface area contributed by atoms with Gasteiger partial charge in [0.2, 0.25) is 15.0 Å². The second-order valence-corrected chi connectivity index (χ2v) is 10.2. The van der Waals surface area contributed by atoms with E-state index in [1.54, 1.807) is 13.3 Å². The highest BCUT2D eigenvalue weighted by Gasteiger charge is 2.26. The molecule has 172 valence electrons. The molecule has 7 nitrogen and oxygen atoms in total. The fourth-order valence-electron chi connectivity index (χ4n) is 3.28. The number of benzene rings is 1. The van der Waals surface area contributed by atoms with Crippen molar-refractivity contribution in [3.05, 3.63) is 47.3 Å². The lowest BCUT2D eigenvalue weighted by atomic mass is 10.1. The maximum atomic E-state index is 13.3. The molecule has 0 aliphatic heterocycles. The number of hydrogen-bond donors (Lipinski definition) is 1. The van der Waals surface area contributed by atoms with Crippen molar-refractivity contribution in [2.24, 2.45) is 5.92 Å². The molecule has 0 radical (unpaired) electrons. The van der Waals surface area contributed by atoms with E-state index >= 15 is 0 Å². The molecule has 0 fully saturated rings. The van der Waals surface area contributed by atoms with Crippen molar-refractivity contribution in [1.82, 2.24) is 19.8 Å². The molecule has 0 bridgehead atoms. The van der Waals surface area contributed by atoms with Crippen LogP contribution in [0.5, 0.6) is 0 Å². The molecule has 0 saturated carbocycles. The highest BCUT2D eigenvalue weighted by Crippen LogP contribution is 2.21. The normalized spacial score (nSPS) is 11.7. The molecule has 0 atom stereocenters. The maximum absolute atomic E-state index is 13.3. The second-order valence-electron chi connectivity index (χ2n) is 7.97. The molecule has 1 heterocycles. The minimum absolute atomic E-state index is 0.0720. The molecule has 0 aliphatic carbocycles. The average Bonchev–Trinajstić information content (AvgIpc) is 3.09. The number of thiocarbonyl (C=S) groups is 1. The molecule has 0 spiro atoms. The number of nitrogens with one attached hydrogen (secondary N) is 1. The zero-order valence-corrected chi connectivity index (χ0v) is 20.7. The van der Waals surface area contributed by atoms with Gasteiger partial charge in [-0.05, 0) is 43.1 Å². The first-order chi connectivity index (χ1) is 14.7. The molecule has 31 heavy (non-hydrogen) atoms. The van der Waals surface area contributed by atoms with Crippen molar-refractivity contribution in [3.8, 4) is 0 Å². The summed E-state index contributed by atoms with van der Waals surface area (Å²) in [5.74, 6) is 0.186. The number of nitrogens with zero attached hydrogens (tertiary/aromatic N) is 3. The first-order valence-electron chi connectivity index (χ1n) is 10.5. The van der Waals surface area contributed by atoms with Gasteiger partial charge in [-0.2, -0.15) is 0 Å². The summed E-state index contributed by atoms with van der Waals surface area (Å²) in [5.41, 5.74) is 2.56. The Hall–Kier alpha value is -1.97. The molecule has 1 N–H and O–H groups in total. The van der Waals surface area contributed by atoms with Crippen molar-refractivity contribution in [2.45, 2.75) is 51.7 Å². The van der Waals surface area contributed by atoms with Crippen molar-refractivity contribution in [2.75, 3.05) is 26.8 Å². The standard InChI is InChI=1S/C22H34N4O3S2/c1-6-23-21(30)25(11-12-29-5)15-20-13-24-22(26(20)14-17(2)3)31(27,28)16-19-10-8-7-9-18(19)4/h7-10,13,17H,6,11-12,14-16H2,1-5H3,(H,23,30). The number of imidazole rings is 1. The monoisotopic (exact) mass is 466 g/mol. The molecule has 1 aromatic heterocycles. The Balaban J connectivity index is 2.39. The summed E-state index contributed by atoms with van der Waals surface area (Å²) in [4.78, 5) is 6.34. The van der Waals surface area contributed by atoms with Gasteiger partial charge in [0.25, 0.3) is 0 Å². The van der Waals surface area contributed by atoms with Crippen LogP contribution in [0, 0.1) is 12.8 Å². The summed E-state index contributed by atoms with van der Waals surface area (Å²) in [6.45, 7) is 10.9. The zero-order chi connectivity index (χ0) is 23.0. The van der Waals surface area contributed by atoms with Crippen LogP contribution in [-0.4, -0.2) is 54.8 Å². The summed E-state index contributed by atoms with van der Waals surface area (Å²) in [5, 5.41) is 3.89. The predicted molar refractivity (Wildman–Crippen MR) is 128 cm³/mol. The first-order valence-corrected chi connectivity index (χ1v) is 12.6. The molecule has 9 heteroatoms. The lowest BCUT2D eigenvalue weighted by Crippen LogP contribution is -2.41. The van der Waals surface area contributed by atoms with Gasteiger partial charge in [-0.15, -0.1) is 0 Å². The second kappa shape index (κ2) is 11.6. The van der Waals surface area contributed by atoms with E-state index in [1.165, 1.54) is 0 Å². The van der Waals surface area contributed by atoms with Gasteiger partial charge in [0, 0.05) is 26.7 Å². The third-order valence-electron chi connectivity index (χ3n) is 4.87. The Bertz CT molecular complexity index is 971. The van der Waals surface area contributed by atoms with E-state index in [9.17, 15) is 8.42 Å². The molecule has 2 rings (SSSR count). The first kappa shape index (κ1) is 25.3. The van der Waals surface area contributed by atoms with E-state index in [2.05, 4.69) is 24.1 Å². The van der Waals surface area contributed by atoms with Crippen LogP contribution in [0.25, 0.3) is 0 Å². The Morgan fingerprint density at radius 1 is 1.32 bits per heavy atom. The van der Waals surface area contributed by atoms with Crippen LogP contribution >= 0.6 is 12.2 Å². The van der Waals surface area contributed by atoms with Gasteiger partial charge < -0.3 is 19.5 Å². The van der Waals surface area contributed by atoms with Crippen molar-refractivity contribution < 1.29 is 13.2 Å². The van der Waals surface area contributed by atoms with Gasteiger partial charge in [0.1, 0.15) is 0 Å². The maximum Gasteiger partial charge on any atom is 0.228 e. The Morgan fingerprint density at radius 3 is 2.65 bits per heavy atom. The van der Waals surface area contributed by atoms with Gasteiger partial charge in [0.15, 0.2) is 5.11 Å². The lowest BCUT2D eigenvalue weighted by Gasteiger charge is -2.26. The number of rotatable bonds is 11. The SMILES string of the molecule is CCNC(=S)N(CCOC)Cc1cnc(S(=O)(=O)Cc2ccccc2C)n1CC(C)C. The Morgan fingerprint density at radius 2 is 2.03 bits per heavy atom. The molecular formula is C22H34N4O3S2. The van der Waals surface area contributed by atoms with Crippen LogP contribution < -0.4 is 5.32 Å². The van der Waals surface area contributed by atoms with Crippen LogP contribution in [-0.2, 0) is 33.4 Å². The van der Waals surface area contributed by atoms with E-state index in [4.69, 9.17) is 17.0 Å². The number of aromatic nitrogens is 2. The van der Waals surface area contributed by atoms with E-state index in [0.717, 1.165) is 16.8 Å². The zero-order valence-electron chi connectivity index (χ0n) is 19.1. The Kier molecular flexibility index (Phi) is 9.46. The van der Waals surface area contributed by atoms with Crippen molar-refractivity contribution in [1.29, 1.82) is 0 Å². The highest BCUT2D eigenvalue weighted by molar-refractivity contribution is 7.90. The number of aryl methyl sites for hydroxylation is 1. The van der Waals surface area contributed by atoms with E-state index in [-0.39, 0.29) is 16.8 Å². The van der Waals surface area contributed by atoms with Crippen molar-refractivity contribution in [3.63, 3.8) is 0 Å². The van der Waals surface area contributed by atoms with Crippen LogP contribution in [0.4, 0.5) is 0 Å². The fraction of sp³-hybridized carbons (Fsp3) is 0.545. The van der Waals surface area contributed by atoms with Gasteiger partial charge in [-0.1, -0.05) is 38.1 Å². The molecule has 0 aliphatic rings. The minimum atomic E-state index is -3.61. The minimum Gasteiger partial charge on any atom is -0.383 e. The summed E-state index contributed by atoms with van der Waals surface area (Å²) in [6.07, 6.45) is 1.65. The third kappa shape index (κ3) is 7.02. The molecule has 2 aromatic rings. The van der Waals surface area contributed by atoms with Crippen LogP contribution in [0.1, 0.15) is 37.6 Å². The molecule has 1 aromatic carbocycles. The van der Waals surface area contributed by atoms with Crippen LogP contribution in [0.15, 0.2) is 35.6 Å². The Labute approximate surface area is 191 Å². The van der Waals surface area contributed by atoms with Gasteiger partial charge >= 0.3 is 0 Å². The summed E-state index contributed by atoms with van der Waals surface area (Å²) in [6, 6.07) is 7.54. The lowest BCUT2D eigenvalue weighted by molar-refractivity contribution is 0.173. The number of ether oxygens (including phenoxy) is 1. The smallest absolute Gasteiger partial charge is 0.228 e. The molecule has 0 saturated heterocycles. The van der Waals surface area contributed by atoms with Crippen molar-refractivity contribution >= 4 is 27.2 Å². The number of methoxy groups -OCH3 is 1. The molecular weight excluding hydrogens is 432 g/mol. The quantitative estimate of drug-likeness (QED) is 0.510. The van der Waals surface area contributed by atoms with Crippen LogP contribution in [0.3, 0.4) is 0 Å². The average molecular weight is 467 g/mol. The largest absolute Gasteiger partial charge is 0.383 e. The number of hydrogen-bond acceptors (Lipinski definition) is 5. The summed E-state index contributed by atoms with van der Waals surface area (Å²) < 4.78 is 33.7. The van der Waals surface area contributed by atoms with Gasteiger partial charge in [-0.3, -0.25) is 0 Å².